The van der Waals surface area contributed by atoms with Crippen molar-refractivity contribution in [2.75, 3.05) is 0 Å². The van der Waals surface area contributed by atoms with Crippen LogP contribution in [0.4, 0.5) is 13.2 Å². The Hall–Kier alpha value is -3.15. The van der Waals surface area contributed by atoms with Gasteiger partial charge in [0.1, 0.15) is 6.04 Å². The van der Waals surface area contributed by atoms with E-state index < -0.39 is 42.1 Å². The summed E-state index contributed by atoms with van der Waals surface area (Å²) in [6.45, 7) is 0. The minimum absolute atomic E-state index is 0.186. The van der Waals surface area contributed by atoms with Gasteiger partial charge in [0, 0.05) is 6.42 Å². The SMILES string of the molecule is NC(Cc1ccccc1)C(=O)NC(CCC(=O)O)C(=O)O.O=C(O)C(F)(F)F. The van der Waals surface area contributed by atoms with Gasteiger partial charge in [0.25, 0.3) is 0 Å². The van der Waals surface area contributed by atoms with Crippen LogP contribution in [-0.4, -0.2) is 57.4 Å². The van der Waals surface area contributed by atoms with Crippen molar-refractivity contribution >= 4 is 23.8 Å². The van der Waals surface area contributed by atoms with E-state index in [1.165, 1.54) is 0 Å². The molecule has 0 fully saturated rings. The normalized spacial score (nSPS) is 12.7. The van der Waals surface area contributed by atoms with Crippen molar-refractivity contribution < 1.29 is 47.7 Å². The molecule has 0 aromatic heterocycles. The molecule has 2 unspecified atom stereocenters. The van der Waals surface area contributed by atoms with Crippen molar-refractivity contribution in [1.29, 1.82) is 0 Å². The molecule has 0 heterocycles. The third-order valence-electron chi connectivity index (χ3n) is 3.14. The van der Waals surface area contributed by atoms with Gasteiger partial charge in [0.15, 0.2) is 0 Å². The van der Waals surface area contributed by atoms with Crippen molar-refractivity contribution in [2.45, 2.75) is 37.5 Å². The molecular weight excluding hydrogens is 389 g/mol. The highest BCUT2D eigenvalue weighted by atomic mass is 19.4. The van der Waals surface area contributed by atoms with E-state index in [9.17, 15) is 27.6 Å². The van der Waals surface area contributed by atoms with Crippen molar-refractivity contribution in [3.63, 3.8) is 0 Å². The number of halogens is 3. The van der Waals surface area contributed by atoms with Gasteiger partial charge in [-0.15, -0.1) is 0 Å². The molecule has 0 saturated carbocycles. The zero-order valence-corrected chi connectivity index (χ0v) is 14.3. The number of carboxylic acid groups (broad SMARTS) is 3. The monoisotopic (exact) mass is 408 g/mol. The summed E-state index contributed by atoms with van der Waals surface area (Å²) in [6.07, 6.45) is -5.34. The lowest BCUT2D eigenvalue weighted by Gasteiger charge is -2.17. The van der Waals surface area contributed by atoms with Gasteiger partial charge in [-0.05, 0) is 18.4 Å². The van der Waals surface area contributed by atoms with Crippen LogP contribution in [-0.2, 0) is 25.6 Å². The van der Waals surface area contributed by atoms with Gasteiger partial charge in [-0.25, -0.2) is 9.59 Å². The van der Waals surface area contributed by atoms with E-state index in [1.54, 1.807) is 0 Å². The lowest BCUT2D eigenvalue weighted by atomic mass is 10.1. The van der Waals surface area contributed by atoms with Crippen molar-refractivity contribution in [3.05, 3.63) is 35.9 Å². The molecule has 0 spiro atoms. The van der Waals surface area contributed by atoms with Gasteiger partial charge in [-0.3, -0.25) is 9.59 Å². The number of nitrogens with one attached hydrogen (secondary N) is 1. The van der Waals surface area contributed by atoms with Crippen LogP contribution in [0.15, 0.2) is 30.3 Å². The predicted octanol–water partition coefficient (Wildman–Crippen LogP) is 0.624. The maximum Gasteiger partial charge on any atom is 0.490 e. The number of aliphatic carboxylic acids is 3. The Balaban J connectivity index is 0.000000887. The van der Waals surface area contributed by atoms with Gasteiger partial charge >= 0.3 is 24.1 Å². The first kappa shape index (κ1) is 24.8. The first-order valence-electron chi connectivity index (χ1n) is 7.69. The lowest BCUT2D eigenvalue weighted by Crippen LogP contribution is -2.49. The molecule has 156 valence electrons. The summed E-state index contributed by atoms with van der Waals surface area (Å²) in [5.74, 6) is -5.77. The summed E-state index contributed by atoms with van der Waals surface area (Å²) in [6, 6.07) is 6.94. The number of carbonyl (C=O) groups is 4. The number of carbonyl (C=O) groups excluding carboxylic acids is 1. The van der Waals surface area contributed by atoms with E-state index >= 15 is 0 Å². The third-order valence-corrected chi connectivity index (χ3v) is 3.14. The quantitative estimate of drug-likeness (QED) is 0.417. The average molecular weight is 408 g/mol. The topological polar surface area (TPSA) is 167 Å². The van der Waals surface area contributed by atoms with Crippen molar-refractivity contribution in [1.82, 2.24) is 5.32 Å². The molecule has 1 rings (SSSR count). The van der Waals surface area contributed by atoms with Gasteiger partial charge in [0.2, 0.25) is 5.91 Å². The summed E-state index contributed by atoms with van der Waals surface area (Å²) in [4.78, 5) is 42.2. The van der Waals surface area contributed by atoms with E-state index in [-0.39, 0.29) is 19.3 Å². The fourth-order valence-electron chi connectivity index (χ4n) is 1.76. The van der Waals surface area contributed by atoms with E-state index in [1.807, 2.05) is 30.3 Å². The molecule has 12 heteroatoms. The molecule has 1 aromatic rings. The van der Waals surface area contributed by atoms with Crippen LogP contribution in [0.25, 0.3) is 0 Å². The van der Waals surface area contributed by atoms with Gasteiger partial charge in [0.05, 0.1) is 6.04 Å². The Kier molecular flexibility index (Phi) is 10.2. The summed E-state index contributed by atoms with van der Waals surface area (Å²) in [5, 5.41) is 26.9. The Morgan fingerprint density at radius 1 is 1.04 bits per heavy atom. The molecule has 0 aliphatic heterocycles. The lowest BCUT2D eigenvalue weighted by molar-refractivity contribution is -0.192. The maximum absolute atomic E-state index is 11.9. The van der Waals surface area contributed by atoms with E-state index in [0.717, 1.165) is 5.56 Å². The van der Waals surface area contributed by atoms with Gasteiger partial charge in [-0.1, -0.05) is 30.3 Å². The maximum atomic E-state index is 11.9. The molecule has 2 atom stereocenters. The Bertz CT molecular complexity index is 681. The molecule has 1 aromatic carbocycles. The fourth-order valence-corrected chi connectivity index (χ4v) is 1.76. The molecule has 9 nitrogen and oxygen atoms in total. The zero-order chi connectivity index (χ0) is 21.9. The second-order valence-corrected chi connectivity index (χ2v) is 5.43. The minimum atomic E-state index is -5.08. The van der Waals surface area contributed by atoms with Gasteiger partial charge < -0.3 is 26.4 Å². The second-order valence-electron chi connectivity index (χ2n) is 5.43. The van der Waals surface area contributed by atoms with Crippen LogP contribution in [0.5, 0.6) is 0 Å². The average Bonchev–Trinajstić information content (AvgIpc) is 2.58. The molecule has 6 N–H and O–H groups in total. The van der Waals surface area contributed by atoms with E-state index in [4.69, 9.17) is 25.8 Å². The number of hydrogen-bond donors (Lipinski definition) is 5. The highest BCUT2D eigenvalue weighted by Gasteiger charge is 2.38. The van der Waals surface area contributed by atoms with Crippen molar-refractivity contribution in [3.8, 4) is 0 Å². The number of rotatable bonds is 8. The number of benzene rings is 1. The van der Waals surface area contributed by atoms with E-state index in [2.05, 4.69) is 5.32 Å². The van der Waals surface area contributed by atoms with Crippen LogP contribution >= 0.6 is 0 Å². The molecule has 0 aliphatic carbocycles. The van der Waals surface area contributed by atoms with Crippen LogP contribution in [0.2, 0.25) is 0 Å². The molecule has 0 saturated heterocycles. The molecule has 1 amide bonds. The molecule has 0 radical (unpaired) electrons. The summed E-state index contributed by atoms with van der Waals surface area (Å²) in [5.41, 5.74) is 6.59. The van der Waals surface area contributed by atoms with Crippen LogP contribution < -0.4 is 11.1 Å². The van der Waals surface area contributed by atoms with Crippen LogP contribution in [0.3, 0.4) is 0 Å². The zero-order valence-electron chi connectivity index (χ0n) is 14.3. The highest BCUT2D eigenvalue weighted by molar-refractivity contribution is 5.87. The molecular formula is C16H19F3N2O7. The van der Waals surface area contributed by atoms with Gasteiger partial charge in [-0.2, -0.15) is 13.2 Å². The Morgan fingerprint density at radius 3 is 1.93 bits per heavy atom. The Morgan fingerprint density at radius 2 is 1.54 bits per heavy atom. The molecule has 28 heavy (non-hydrogen) atoms. The predicted molar refractivity (Wildman–Crippen MR) is 88.2 cm³/mol. The fraction of sp³-hybridized carbons (Fsp3) is 0.375. The Labute approximate surface area is 157 Å². The number of alkyl halides is 3. The summed E-state index contributed by atoms with van der Waals surface area (Å²) >= 11 is 0. The standard InChI is InChI=1S/C14H18N2O5.C2HF3O2/c15-10(8-9-4-2-1-3-5-9)13(19)16-11(14(20)21)6-7-12(17)18;3-2(4,5)1(6)7/h1-5,10-11H,6-8,15H2,(H,16,19)(H,17,18)(H,20,21);(H,6,7). The van der Waals surface area contributed by atoms with E-state index in [0.29, 0.717) is 0 Å². The number of hydrogen-bond acceptors (Lipinski definition) is 5. The smallest absolute Gasteiger partial charge is 0.481 e. The van der Waals surface area contributed by atoms with Crippen LogP contribution in [0, 0.1) is 0 Å². The molecule has 0 bridgehead atoms. The summed E-state index contributed by atoms with van der Waals surface area (Å²) < 4.78 is 31.7. The first-order chi connectivity index (χ1) is 12.8. The van der Waals surface area contributed by atoms with Crippen molar-refractivity contribution in [2.24, 2.45) is 5.73 Å². The number of amides is 1. The molecule has 0 aliphatic rings. The van der Waals surface area contributed by atoms with Crippen LogP contribution in [0.1, 0.15) is 18.4 Å². The largest absolute Gasteiger partial charge is 0.490 e. The highest BCUT2D eigenvalue weighted by Crippen LogP contribution is 2.13. The summed E-state index contributed by atoms with van der Waals surface area (Å²) in [7, 11) is 0. The number of nitrogens with two attached hydrogens (primary N) is 1. The third kappa shape index (κ3) is 10.8. The minimum Gasteiger partial charge on any atom is -0.481 e. The second kappa shape index (κ2) is 11.5. The first-order valence-corrected chi connectivity index (χ1v) is 7.69. The number of carboxylic acids is 3.